The molecule has 0 fully saturated rings. The molecule has 1 heterocycles. The molecule has 0 saturated carbocycles. The Labute approximate surface area is 149 Å². The molecule has 4 nitrogen and oxygen atoms in total. The van der Waals surface area contributed by atoms with Gasteiger partial charge in [0, 0.05) is 5.56 Å². The molecule has 1 aromatic heterocycles. The molecule has 0 aliphatic rings. The van der Waals surface area contributed by atoms with Crippen LogP contribution in [0.15, 0.2) is 42.5 Å². The van der Waals surface area contributed by atoms with E-state index in [4.69, 9.17) is 4.74 Å². The van der Waals surface area contributed by atoms with Crippen LogP contribution in [-0.4, -0.2) is 18.0 Å². The summed E-state index contributed by atoms with van der Waals surface area (Å²) in [4.78, 5) is 17.6. The van der Waals surface area contributed by atoms with E-state index in [-0.39, 0.29) is 11.7 Å². The van der Waals surface area contributed by atoms with E-state index in [0.29, 0.717) is 27.0 Å². The third-order valence-electron chi connectivity index (χ3n) is 3.70. The highest BCUT2D eigenvalue weighted by Gasteiger charge is 2.18. The fourth-order valence-corrected chi connectivity index (χ4v) is 3.39. The number of benzene rings is 2. The van der Waals surface area contributed by atoms with Gasteiger partial charge in [-0.2, -0.15) is 0 Å². The number of nitrogens with zero attached hydrogens (tertiary/aromatic N) is 1. The lowest BCUT2D eigenvalue weighted by Crippen LogP contribution is -2.12. The quantitative estimate of drug-likeness (QED) is 0.729. The second-order valence-electron chi connectivity index (χ2n) is 5.60. The molecule has 0 atom stereocenters. The number of nitrogens with one attached hydrogen (secondary N) is 1. The number of aryl methyl sites for hydroxylation is 2. The van der Waals surface area contributed by atoms with E-state index >= 15 is 0 Å². The first-order valence-electron chi connectivity index (χ1n) is 7.67. The van der Waals surface area contributed by atoms with Gasteiger partial charge in [0.05, 0.1) is 18.5 Å². The maximum atomic E-state index is 13.1. The zero-order chi connectivity index (χ0) is 18.0. The molecule has 128 valence electrons. The van der Waals surface area contributed by atoms with Crippen molar-refractivity contribution in [3.05, 3.63) is 64.4 Å². The molecular weight excluding hydrogens is 339 g/mol. The average Bonchev–Trinajstić information content (AvgIpc) is 2.97. The van der Waals surface area contributed by atoms with Crippen molar-refractivity contribution in [3.63, 3.8) is 0 Å². The van der Waals surface area contributed by atoms with Gasteiger partial charge in [-0.05, 0) is 55.8 Å². The van der Waals surface area contributed by atoms with Crippen molar-refractivity contribution >= 4 is 22.9 Å². The van der Waals surface area contributed by atoms with Crippen molar-refractivity contribution in [2.24, 2.45) is 0 Å². The van der Waals surface area contributed by atoms with Gasteiger partial charge >= 0.3 is 0 Å². The molecule has 6 heteroatoms. The number of hydrogen-bond acceptors (Lipinski definition) is 4. The van der Waals surface area contributed by atoms with Crippen LogP contribution in [0.2, 0.25) is 0 Å². The van der Waals surface area contributed by atoms with Gasteiger partial charge in [-0.25, -0.2) is 9.37 Å². The molecule has 3 aromatic rings. The minimum atomic E-state index is -0.304. The normalized spacial score (nSPS) is 10.6. The fourth-order valence-electron chi connectivity index (χ4n) is 2.42. The second-order valence-corrected chi connectivity index (χ2v) is 6.60. The predicted octanol–water partition coefficient (Wildman–Crippen LogP) is 4.83. The van der Waals surface area contributed by atoms with Gasteiger partial charge < -0.3 is 10.1 Å². The summed E-state index contributed by atoms with van der Waals surface area (Å²) in [6.45, 7) is 3.73. The maximum absolute atomic E-state index is 13.1. The van der Waals surface area contributed by atoms with E-state index in [1.165, 1.54) is 23.5 Å². The summed E-state index contributed by atoms with van der Waals surface area (Å²) in [5.41, 5.74) is 3.04. The van der Waals surface area contributed by atoms with Gasteiger partial charge in [-0.3, -0.25) is 4.79 Å². The summed E-state index contributed by atoms with van der Waals surface area (Å²) < 4.78 is 18.4. The number of aromatic nitrogens is 1. The first-order valence-corrected chi connectivity index (χ1v) is 8.49. The number of hydrogen-bond donors (Lipinski definition) is 1. The van der Waals surface area contributed by atoms with Crippen LogP contribution in [0.1, 0.15) is 20.9 Å². The van der Waals surface area contributed by atoms with Crippen LogP contribution in [0, 0.1) is 19.7 Å². The fraction of sp³-hybridized carbons (Fsp3) is 0.158. The van der Waals surface area contributed by atoms with Crippen LogP contribution in [0.3, 0.4) is 0 Å². The van der Waals surface area contributed by atoms with Crippen molar-refractivity contribution in [1.82, 2.24) is 4.98 Å². The molecule has 1 amide bonds. The SMILES string of the molecule is COc1ccc(C)cc1NC(=O)c1sc(-c2ccc(F)cc2)nc1C. The molecule has 2 aromatic carbocycles. The van der Waals surface area contributed by atoms with Crippen LogP contribution in [-0.2, 0) is 0 Å². The summed E-state index contributed by atoms with van der Waals surface area (Å²) in [5.74, 6) is 0.0497. The zero-order valence-electron chi connectivity index (χ0n) is 14.1. The largest absolute Gasteiger partial charge is 0.495 e. The number of amides is 1. The minimum absolute atomic E-state index is 0.243. The standard InChI is InChI=1S/C19H17FN2O2S/c1-11-4-9-16(24-3)15(10-11)22-18(23)17-12(2)21-19(25-17)13-5-7-14(20)8-6-13/h4-10H,1-3H3,(H,22,23). The van der Waals surface area contributed by atoms with Gasteiger partial charge in [0.15, 0.2) is 0 Å². The number of thiazole rings is 1. The van der Waals surface area contributed by atoms with E-state index in [2.05, 4.69) is 10.3 Å². The first kappa shape index (κ1) is 17.1. The molecular formula is C19H17FN2O2S. The Morgan fingerprint density at radius 1 is 1.16 bits per heavy atom. The Bertz CT molecular complexity index is 920. The van der Waals surface area contributed by atoms with E-state index in [1.54, 1.807) is 26.2 Å². The van der Waals surface area contributed by atoms with E-state index in [9.17, 15) is 9.18 Å². The summed E-state index contributed by atoms with van der Waals surface area (Å²) >= 11 is 1.28. The number of anilines is 1. The van der Waals surface area contributed by atoms with Crippen LogP contribution >= 0.6 is 11.3 Å². The van der Waals surface area contributed by atoms with E-state index in [0.717, 1.165) is 11.1 Å². The maximum Gasteiger partial charge on any atom is 0.267 e. The van der Waals surface area contributed by atoms with Gasteiger partial charge in [0.2, 0.25) is 0 Å². The van der Waals surface area contributed by atoms with Crippen LogP contribution in [0.25, 0.3) is 10.6 Å². The number of carbonyl (C=O) groups excluding carboxylic acids is 1. The van der Waals surface area contributed by atoms with Crippen LogP contribution in [0.4, 0.5) is 10.1 Å². The number of carbonyl (C=O) groups is 1. The minimum Gasteiger partial charge on any atom is -0.495 e. The highest BCUT2D eigenvalue weighted by Crippen LogP contribution is 2.30. The van der Waals surface area contributed by atoms with Crippen LogP contribution in [0.5, 0.6) is 5.75 Å². The molecule has 0 radical (unpaired) electrons. The zero-order valence-corrected chi connectivity index (χ0v) is 14.9. The summed E-state index contributed by atoms with van der Waals surface area (Å²) in [6.07, 6.45) is 0. The molecule has 0 aliphatic carbocycles. The number of halogens is 1. The van der Waals surface area contributed by atoms with E-state index in [1.807, 2.05) is 25.1 Å². The van der Waals surface area contributed by atoms with Crippen molar-refractivity contribution in [3.8, 4) is 16.3 Å². The molecule has 25 heavy (non-hydrogen) atoms. The number of ether oxygens (including phenoxy) is 1. The third kappa shape index (κ3) is 3.69. The Morgan fingerprint density at radius 3 is 2.56 bits per heavy atom. The Morgan fingerprint density at radius 2 is 1.88 bits per heavy atom. The molecule has 0 saturated heterocycles. The second kappa shape index (κ2) is 7.03. The van der Waals surface area contributed by atoms with E-state index < -0.39 is 0 Å². The van der Waals surface area contributed by atoms with Crippen molar-refractivity contribution < 1.29 is 13.9 Å². The molecule has 1 N–H and O–H groups in total. The van der Waals surface area contributed by atoms with Crippen molar-refractivity contribution in [1.29, 1.82) is 0 Å². The lowest BCUT2D eigenvalue weighted by Gasteiger charge is -2.10. The Hall–Kier alpha value is -2.73. The summed E-state index contributed by atoms with van der Waals surface area (Å²) in [6, 6.07) is 11.6. The lowest BCUT2D eigenvalue weighted by molar-refractivity contribution is 0.102. The topological polar surface area (TPSA) is 51.2 Å². The monoisotopic (exact) mass is 356 g/mol. The predicted molar refractivity (Wildman–Crippen MR) is 97.9 cm³/mol. The number of methoxy groups -OCH3 is 1. The molecule has 0 spiro atoms. The van der Waals surface area contributed by atoms with Gasteiger partial charge in [-0.1, -0.05) is 6.07 Å². The Balaban J connectivity index is 1.88. The van der Waals surface area contributed by atoms with Gasteiger partial charge in [-0.15, -0.1) is 11.3 Å². The number of rotatable bonds is 4. The molecule has 0 aliphatic heterocycles. The van der Waals surface area contributed by atoms with Gasteiger partial charge in [0.25, 0.3) is 5.91 Å². The highest BCUT2D eigenvalue weighted by molar-refractivity contribution is 7.17. The van der Waals surface area contributed by atoms with Gasteiger partial charge in [0.1, 0.15) is 21.5 Å². The van der Waals surface area contributed by atoms with Crippen LogP contribution < -0.4 is 10.1 Å². The average molecular weight is 356 g/mol. The third-order valence-corrected chi connectivity index (χ3v) is 4.90. The van der Waals surface area contributed by atoms with Crippen molar-refractivity contribution in [2.75, 3.05) is 12.4 Å². The Kier molecular flexibility index (Phi) is 4.81. The molecule has 3 rings (SSSR count). The summed E-state index contributed by atoms with van der Waals surface area (Å²) in [5, 5.41) is 3.56. The lowest BCUT2D eigenvalue weighted by atomic mass is 10.2. The smallest absolute Gasteiger partial charge is 0.267 e. The first-order chi connectivity index (χ1) is 12.0. The van der Waals surface area contributed by atoms with Crippen molar-refractivity contribution in [2.45, 2.75) is 13.8 Å². The summed E-state index contributed by atoms with van der Waals surface area (Å²) in [7, 11) is 1.56. The molecule has 0 bridgehead atoms. The highest BCUT2D eigenvalue weighted by atomic mass is 32.1. The molecule has 0 unspecified atom stereocenters.